The van der Waals surface area contributed by atoms with E-state index in [0.29, 0.717) is 0 Å². The van der Waals surface area contributed by atoms with Gasteiger partial charge in [-0.15, -0.1) is 0 Å². The van der Waals surface area contributed by atoms with E-state index in [9.17, 15) is 0 Å². The Morgan fingerprint density at radius 3 is 2.18 bits per heavy atom. The summed E-state index contributed by atoms with van der Waals surface area (Å²) in [5, 5.41) is 0. The Balaban J connectivity index is 2.66. The van der Waals surface area contributed by atoms with Crippen molar-refractivity contribution in [3.05, 3.63) is 35.9 Å². The van der Waals surface area contributed by atoms with E-state index in [1.54, 1.807) is 0 Å². The maximum absolute atomic E-state index is 2.59. The van der Waals surface area contributed by atoms with Gasteiger partial charge in [0.1, 0.15) is 0 Å². The van der Waals surface area contributed by atoms with Crippen molar-refractivity contribution in [1.82, 2.24) is 0 Å². The van der Waals surface area contributed by atoms with E-state index in [1.165, 1.54) is 11.7 Å². The molecule has 0 aliphatic heterocycles. The average Bonchev–Trinajstić information content (AvgIpc) is 1.85. The molecule has 0 aliphatic carbocycles. The fraction of sp³-hybridized carbons (Fsp3) is 0.333. The zero-order chi connectivity index (χ0) is 8.32. The molecule has 11 heavy (non-hydrogen) atoms. The van der Waals surface area contributed by atoms with Crippen molar-refractivity contribution >= 4 is 26.9 Å². The van der Waals surface area contributed by atoms with Crippen LogP contribution >= 0.6 is 26.9 Å². The Hall–Kier alpha value is 0.380. The number of hydrogen-bond donors (Lipinski definition) is 0. The van der Waals surface area contributed by atoms with Gasteiger partial charge in [-0.2, -0.15) is 0 Å². The topological polar surface area (TPSA) is 0 Å². The molecule has 0 radical (unpaired) electrons. The molecule has 0 saturated heterocycles. The van der Waals surface area contributed by atoms with Crippen LogP contribution in [0.2, 0.25) is 0 Å². The largest absolute Gasteiger partial charge is 0.154 e. The minimum atomic E-state index is -0.668. The van der Waals surface area contributed by atoms with Crippen LogP contribution in [-0.4, -0.2) is 13.3 Å². The summed E-state index contributed by atoms with van der Waals surface area (Å²) in [5.41, 5.74) is 1.47. The SMILES string of the molecule is C[P+](C)(I)Cc1ccccc1. The first kappa shape index (κ1) is 9.47. The van der Waals surface area contributed by atoms with E-state index >= 15 is 0 Å². The molecule has 60 valence electrons. The van der Waals surface area contributed by atoms with Crippen LogP contribution in [0.1, 0.15) is 5.56 Å². The van der Waals surface area contributed by atoms with Gasteiger partial charge in [0, 0.05) is 0 Å². The van der Waals surface area contributed by atoms with E-state index in [4.69, 9.17) is 0 Å². The zero-order valence-corrected chi connectivity index (χ0v) is 9.97. The third-order valence-electron chi connectivity index (χ3n) is 1.40. The Morgan fingerprint density at radius 2 is 1.73 bits per heavy atom. The lowest BCUT2D eigenvalue weighted by molar-refractivity contribution is 1.39. The second-order valence-corrected chi connectivity index (χ2v) is 14.4. The van der Waals surface area contributed by atoms with E-state index in [-0.39, 0.29) is 0 Å². The average molecular weight is 279 g/mol. The number of halogens is 1. The fourth-order valence-corrected chi connectivity index (χ4v) is 3.28. The highest BCUT2D eigenvalue weighted by Gasteiger charge is 2.20. The maximum Gasteiger partial charge on any atom is 0.154 e. The third kappa shape index (κ3) is 4.07. The van der Waals surface area contributed by atoms with Crippen molar-refractivity contribution in [2.24, 2.45) is 0 Å². The van der Waals surface area contributed by atoms with Crippen LogP contribution in [0.5, 0.6) is 0 Å². The van der Waals surface area contributed by atoms with Crippen LogP contribution in [0.15, 0.2) is 30.3 Å². The monoisotopic (exact) mass is 279 g/mol. The molecule has 0 aliphatic rings. The van der Waals surface area contributed by atoms with E-state index in [2.05, 4.69) is 65.7 Å². The fourth-order valence-electron chi connectivity index (χ4n) is 1.02. The molecule has 0 spiro atoms. The highest BCUT2D eigenvalue weighted by atomic mass is 127. The summed E-state index contributed by atoms with van der Waals surface area (Å²) in [6, 6.07) is 10.7. The molecule has 2 heteroatoms. The highest BCUT2D eigenvalue weighted by molar-refractivity contribution is 14.2. The van der Waals surface area contributed by atoms with E-state index < -0.39 is 4.90 Å². The van der Waals surface area contributed by atoms with Gasteiger partial charge in [-0.1, -0.05) is 30.3 Å². The summed E-state index contributed by atoms with van der Waals surface area (Å²) < 4.78 is 0. The van der Waals surface area contributed by atoms with Crippen molar-refractivity contribution in [2.45, 2.75) is 6.16 Å². The normalized spacial score (nSPS) is 11.5. The first-order valence-corrected chi connectivity index (χ1v) is 9.30. The maximum atomic E-state index is 2.59. The van der Waals surface area contributed by atoms with Crippen LogP contribution in [0.3, 0.4) is 0 Å². The van der Waals surface area contributed by atoms with Crippen molar-refractivity contribution in [1.29, 1.82) is 0 Å². The molecule has 0 aromatic heterocycles. The molecule has 0 saturated carbocycles. The summed E-state index contributed by atoms with van der Waals surface area (Å²) in [6.45, 7) is 4.72. The van der Waals surface area contributed by atoms with Crippen molar-refractivity contribution < 1.29 is 0 Å². The quantitative estimate of drug-likeness (QED) is 0.570. The Kier molecular flexibility index (Phi) is 3.32. The molecule has 0 nitrogen and oxygen atoms in total. The first-order valence-electron chi connectivity index (χ1n) is 3.64. The zero-order valence-electron chi connectivity index (χ0n) is 6.92. The van der Waals surface area contributed by atoms with Crippen LogP contribution in [0.4, 0.5) is 0 Å². The minimum absolute atomic E-state index is 0.668. The highest BCUT2D eigenvalue weighted by Crippen LogP contribution is 2.62. The van der Waals surface area contributed by atoms with Gasteiger partial charge >= 0.3 is 0 Å². The first-order chi connectivity index (χ1) is 5.08. The van der Waals surface area contributed by atoms with Gasteiger partial charge in [0.2, 0.25) is 0 Å². The minimum Gasteiger partial charge on any atom is -0.0622 e. The number of benzene rings is 1. The summed E-state index contributed by atoms with van der Waals surface area (Å²) in [6.07, 6.45) is 1.26. The van der Waals surface area contributed by atoms with Crippen LogP contribution in [0.25, 0.3) is 0 Å². The molecule has 1 rings (SSSR count). The molecular formula is C9H13IP+. The van der Waals surface area contributed by atoms with Crippen LogP contribution in [0, 0.1) is 0 Å². The van der Waals surface area contributed by atoms with Crippen LogP contribution in [-0.2, 0) is 6.16 Å². The third-order valence-corrected chi connectivity index (χ3v) is 3.54. The van der Waals surface area contributed by atoms with Gasteiger partial charge in [0.05, 0.1) is 24.4 Å². The van der Waals surface area contributed by atoms with Crippen molar-refractivity contribution in [3.63, 3.8) is 0 Å². The summed E-state index contributed by atoms with van der Waals surface area (Å²) in [4.78, 5) is -0.668. The molecule has 0 N–H and O–H groups in total. The summed E-state index contributed by atoms with van der Waals surface area (Å²) in [7, 11) is 0. The molecule has 0 bridgehead atoms. The van der Waals surface area contributed by atoms with Crippen molar-refractivity contribution in [3.8, 4) is 0 Å². The Bertz CT molecular complexity index is 213. The standard InChI is InChI=1S/C9H13IP/c1-11(2,10)8-9-6-4-3-5-7-9/h3-7H,8H2,1-2H3/q+1. The lowest BCUT2D eigenvalue weighted by atomic mass is 10.2. The van der Waals surface area contributed by atoms with Crippen molar-refractivity contribution in [2.75, 3.05) is 13.3 Å². The molecule has 0 heterocycles. The number of rotatable bonds is 2. The van der Waals surface area contributed by atoms with E-state index in [0.717, 1.165) is 0 Å². The molecule has 0 unspecified atom stereocenters. The predicted molar refractivity (Wildman–Crippen MR) is 62.9 cm³/mol. The predicted octanol–water partition coefficient (Wildman–Crippen LogP) is 3.81. The van der Waals surface area contributed by atoms with Gasteiger partial charge < -0.3 is 0 Å². The molecule has 0 amide bonds. The van der Waals surface area contributed by atoms with E-state index in [1.807, 2.05) is 0 Å². The Labute approximate surface area is 82.2 Å². The summed E-state index contributed by atoms with van der Waals surface area (Å²) in [5.74, 6) is 0. The molecule has 0 atom stereocenters. The molecule has 1 aromatic carbocycles. The molecular weight excluding hydrogens is 266 g/mol. The Morgan fingerprint density at radius 1 is 1.18 bits per heavy atom. The second kappa shape index (κ2) is 3.86. The van der Waals surface area contributed by atoms with Gasteiger partial charge in [-0.05, 0) is 5.56 Å². The lowest BCUT2D eigenvalue weighted by Crippen LogP contribution is -1.85. The lowest BCUT2D eigenvalue weighted by Gasteiger charge is -2.07. The molecule has 1 aromatic rings. The smallest absolute Gasteiger partial charge is 0.0622 e. The molecule has 0 fully saturated rings. The van der Waals surface area contributed by atoms with Crippen LogP contribution < -0.4 is 0 Å². The van der Waals surface area contributed by atoms with Gasteiger partial charge in [0.15, 0.2) is 22.0 Å². The van der Waals surface area contributed by atoms with Gasteiger partial charge in [-0.25, -0.2) is 0 Å². The summed E-state index contributed by atoms with van der Waals surface area (Å²) >= 11 is 2.59. The second-order valence-electron chi connectivity index (χ2n) is 3.18. The van der Waals surface area contributed by atoms with Gasteiger partial charge in [0.25, 0.3) is 0 Å². The number of hydrogen-bond acceptors (Lipinski definition) is 0. The van der Waals surface area contributed by atoms with Gasteiger partial charge in [-0.3, -0.25) is 0 Å².